The molecule has 4 heterocycles. The van der Waals surface area contributed by atoms with Gasteiger partial charge in [0.05, 0.1) is 73.2 Å². The fraction of sp³-hybridized carbons (Fsp3) is 0.800. The summed E-state index contributed by atoms with van der Waals surface area (Å²) < 4.78 is 74.5. The van der Waals surface area contributed by atoms with E-state index in [-0.39, 0.29) is 76.2 Å². The van der Waals surface area contributed by atoms with Crippen LogP contribution in [0.2, 0.25) is 36.3 Å². The van der Waals surface area contributed by atoms with E-state index in [0.29, 0.717) is 44.0 Å². The predicted octanol–water partition coefficient (Wildman–Crippen LogP) is 11.8. The van der Waals surface area contributed by atoms with E-state index in [4.69, 9.17) is 32.5 Å². The maximum atomic E-state index is 14.1. The Bertz CT molecular complexity index is 1740. The molecule has 62 heavy (non-hydrogen) atoms. The highest BCUT2D eigenvalue weighted by molar-refractivity contribution is 7.91. The van der Waals surface area contributed by atoms with Gasteiger partial charge >= 0.3 is 0 Å². The summed E-state index contributed by atoms with van der Waals surface area (Å²) >= 11 is 0. The quantitative estimate of drug-likeness (QED) is 0.0992. The highest BCUT2D eigenvalue weighted by Crippen LogP contribution is 2.43. The lowest BCUT2D eigenvalue weighted by atomic mass is 9.89. The number of hydrogen-bond donors (Lipinski definition) is 0. The monoisotopic (exact) mass is 919 g/mol. The number of benzene rings is 1. The van der Waals surface area contributed by atoms with Crippen molar-refractivity contribution < 1.29 is 41.0 Å². The average molecular weight is 919 g/mol. The molecule has 1 aromatic rings. The third-order valence-corrected chi connectivity index (χ3v) is 25.8. The van der Waals surface area contributed by atoms with Crippen molar-refractivity contribution in [3.05, 3.63) is 54.1 Å². The van der Waals surface area contributed by atoms with E-state index >= 15 is 0 Å². The van der Waals surface area contributed by atoms with Crippen LogP contribution in [-0.4, -0.2) is 99.6 Å². The van der Waals surface area contributed by atoms with Crippen LogP contribution < -0.4 is 0 Å². The average Bonchev–Trinajstić information content (AvgIpc) is 3.72. The second kappa shape index (κ2) is 20.8. The topological polar surface area (TPSA) is 98.8 Å². The van der Waals surface area contributed by atoms with Gasteiger partial charge in [0.2, 0.25) is 0 Å². The zero-order chi connectivity index (χ0) is 45.9. The highest BCUT2D eigenvalue weighted by Gasteiger charge is 2.45. The molecule has 4 saturated heterocycles. The summed E-state index contributed by atoms with van der Waals surface area (Å²) in [6.45, 7) is 40.0. The number of sulfone groups is 1. The molecule has 12 heteroatoms. The molecule has 0 aliphatic carbocycles. The molecule has 9 nitrogen and oxygen atoms in total. The van der Waals surface area contributed by atoms with Gasteiger partial charge in [-0.25, -0.2) is 8.42 Å². The first-order chi connectivity index (χ1) is 28.7. The maximum Gasteiger partial charge on any atom is 0.192 e. The van der Waals surface area contributed by atoms with E-state index in [1.54, 1.807) is 12.1 Å². The minimum absolute atomic E-state index is 0.0151. The first-order valence-electron chi connectivity index (χ1n) is 23.9. The Morgan fingerprint density at radius 3 is 2.03 bits per heavy atom. The first kappa shape index (κ1) is 51.8. The molecular weight excluding hydrogens is 833 g/mol. The van der Waals surface area contributed by atoms with Crippen LogP contribution in [0, 0.1) is 11.3 Å². The Hall–Kier alpha value is -1.20. The molecule has 0 unspecified atom stereocenters. The van der Waals surface area contributed by atoms with Gasteiger partial charge in [-0.1, -0.05) is 87.6 Å². The Labute approximate surface area is 380 Å². The van der Waals surface area contributed by atoms with Gasteiger partial charge < -0.3 is 32.5 Å². The molecule has 0 radical (unpaired) electrons. The fourth-order valence-corrected chi connectivity index (χ4v) is 12.7. The van der Waals surface area contributed by atoms with Gasteiger partial charge in [0.1, 0.15) is 0 Å². The van der Waals surface area contributed by atoms with Crippen LogP contribution in [0.4, 0.5) is 0 Å². The zero-order valence-electron chi connectivity index (χ0n) is 41.1. The molecule has 4 aliphatic rings. The molecule has 0 amide bonds. The number of ether oxygens (including phenoxy) is 5. The lowest BCUT2D eigenvalue weighted by molar-refractivity contribution is -0.225. The van der Waals surface area contributed by atoms with Crippen LogP contribution in [0.15, 0.2) is 53.5 Å². The third-order valence-electron chi connectivity index (χ3n) is 15.0. The van der Waals surface area contributed by atoms with Crippen molar-refractivity contribution in [2.45, 2.75) is 223 Å². The minimum Gasteiger partial charge on any atom is -0.414 e. The normalized spacial score (nSPS) is 28.8. The maximum absolute atomic E-state index is 14.1. The minimum atomic E-state index is -3.58. The Kier molecular flexibility index (Phi) is 17.3. The Morgan fingerprint density at radius 2 is 1.42 bits per heavy atom. The summed E-state index contributed by atoms with van der Waals surface area (Å²) in [5.74, 6) is -0.180. The first-order valence-corrected chi connectivity index (χ1v) is 31.3. The molecule has 4 aliphatic heterocycles. The van der Waals surface area contributed by atoms with E-state index in [0.717, 1.165) is 68.1 Å². The van der Waals surface area contributed by atoms with E-state index < -0.39 is 26.5 Å². The van der Waals surface area contributed by atoms with E-state index in [1.165, 1.54) is 0 Å². The molecule has 4 fully saturated rings. The molecule has 5 rings (SSSR count). The van der Waals surface area contributed by atoms with Gasteiger partial charge in [-0.3, -0.25) is 0 Å². The smallest absolute Gasteiger partial charge is 0.192 e. The SMILES string of the molecule is C=C1C[C@H](CCC2OCC(C)(C)CO2)O[C@H]1CC[C@H]1CCC(=C)[C@@H](C[C@@H]2O[C@H](C[C@@H](CO[Si](C)(C)C(C)(C)C)O[Si](C)(C)C(C)(C)C)C[C@H]2CS(=O)(=O)c2ccc(CC)cc2)O1. The summed E-state index contributed by atoms with van der Waals surface area (Å²) in [6.07, 6.45) is 7.99. The van der Waals surface area contributed by atoms with Gasteiger partial charge in [0.15, 0.2) is 32.8 Å². The van der Waals surface area contributed by atoms with Gasteiger partial charge in [0, 0.05) is 30.6 Å². The molecule has 0 bridgehead atoms. The van der Waals surface area contributed by atoms with Crippen molar-refractivity contribution in [3.8, 4) is 0 Å². The second-order valence-corrected chi connectivity index (χ2v) is 34.6. The summed E-state index contributed by atoms with van der Waals surface area (Å²) in [5, 5.41) is 0.0907. The molecule has 1 aromatic carbocycles. The summed E-state index contributed by atoms with van der Waals surface area (Å²) in [7, 11) is -7.81. The number of hydrogen-bond acceptors (Lipinski definition) is 9. The lowest BCUT2D eigenvalue weighted by Crippen LogP contribution is -2.48. The van der Waals surface area contributed by atoms with Gasteiger partial charge in [-0.05, 0) is 116 Å². The molecule has 8 atom stereocenters. The van der Waals surface area contributed by atoms with Crippen LogP contribution >= 0.6 is 0 Å². The zero-order valence-corrected chi connectivity index (χ0v) is 43.9. The standard InChI is InChI=1S/C50H86O9SSi2/c1-16-37-18-23-43(24-19-37)60(51,52)32-38-28-41(29-42(59-62(14,15)49(7,8)9)31-55-61(12,13)48(4,5)6)58-46(38)30-45-35(2)17-20-39(56-45)21-25-44-36(3)27-40(57-44)22-26-47-53-33-50(10,11)34-54-47/h18-19,23-24,38-42,44-47H,2-3,16-17,20-22,25-34H2,1,4-15H3/t38-,39+,40-,41-,42-,44-,45+,46-/m0/s1. The summed E-state index contributed by atoms with van der Waals surface area (Å²) in [6, 6.07) is 7.38. The molecular formula is C50H86O9SSi2. The Morgan fingerprint density at radius 1 is 0.806 bits per heavy atom. The molecule has 0 spiro atoms. The highest BCUT2D eigenvalue weighted by atomic mass is 32.2. The predicted molar refractivity (Wildman–Crippen MR) is 256 cm³/mol. The van der Waals surface area contributed by atoms with Crippen molar-refractivity contribution in [1.29, 1.82) is 0 Å². The van der Waals surface area contributed by atoms with Crippen LogP contribution in [-0.2, 0) is 48.8 Å². The van der Waals surface area contributed by atoms with Crippen molar-refractivity contribution in [2.75, 3.05) is 25.6 Å². The third kappa shape index (κ3) is 14.2. The van der Waals surface area contributed by atoms with Crippen molar-refractivity contribution in [1.82, 2.24) is 0 Å². The van der Waals surface area contributed by atoms with Gasteiger partial charge in [-0.15, -0.1) is 0 Å². The fourth-order valence-electron chi connectivity index (χ4n) is 8.69. The van der Waals surface area contributed by atoms with E-state index in [1.807, 2.05) is 12.1 Å². The van der Waals surface area contributed by atoms with E-state index in [9.17, 15) is 8.42 Å². The van der Waals surface area contributed by atoms with Gasteiger partial charge in [0.25, 0.3) is 0 Å². The van der Waals surface area contributed by atoms with Gasteiger partial charge in [-0.2, -0.15) is 0 Å². The van der Waals surface area contributed by atoms with Crippen LogP contribution in [0.1, 0.15) is 132 Å². The molecule has 0 aromatic heterocycles. The Balaban J connectivity index is 1.26. The molecule has 0 N–H and O–H groups in total. The van der Waals surface area contributed by atoms with Crippen molar-refractivity contribution in [2.24, 2.45) is 11.3 Å². The molecule has 354 valence electrons. The van der Waals surface area contributed by atoms with Crippen LogP contribution in [0.3, 0.4) is 0 Å². The summed E-state index contributed by atoms with van der Waals surface area (Å²) in [5.41, 5.74) is 3.40. The van der Waals surface area contributed by atoms with Crippen LogP contribution in [0.25, 0.3) is 0 Å². The van der Waals surface area contributed by atoms with Crippen molar-refractivity contribution in [3.63, 3.8) is 0 Å². The van der Waals surface area contributed by atoms with E-state index in [2.05, 4.69) is 102 Å². The van der Waals surface area contributed by atoms with Crippen LogP contribution in [0.5, 0.6) is 0 Å². The largest absolute Gasteiger partial charge is 0.414 e. The number of aryl methyl sites for hydroxylation is 1. The summed E-state index contributed by atoms with van der Waals surface area (Å²) in [4.78, 5) is 0.370. The second-order valence-electron chi connectivity index (χ2n) is 23.0. The molecule has 0 saturated carbocycles. The number of rotatable bonds is 19. The van der Waals surface area contributed by atoms with Crippen molar-refractivity contribution >= 4 is 26.5 Å². The lowest BCUT2D eigenvalue weighted by Gasteiger charge is -2.42.